The number of nitrogens with zero attached hydrogens (tertiary/aromatic N) is 3. The number of ketones is 2. The smallest absolute Gasteiger partial charge is 0.405 e. The molecule has 1 fully saturated rings. The van der Waals surface area contributed by atoms with Crippen LogP contribution in [0.2, 0.25) is 0 Å². The van der Waals surface area contributed by atoms with Gasteiger partial charge in [0.1, 0.15) is 11.9 Å². The molecule has 3 heterocycles. The van der Waals surface area contributed by atoms with Gasteiger partial charge in [-0.15, -0.1) is 0 Å². The van der Waals surface area contributed by atoms with Crippen LogP contribution >= 0.6 is 0 Å². The van der Waals surface area contributed by atoms with E-state index >= 15 is 0 Å². The number of hydrogen-bond acceptors (Lipinski definition) is 13. The summed E-state index contributed by atoms with van der Waals surface area (Å²) in [4.78, 5) is 88.8. The van der Waals surface area contributed by atoms with Crippen molar-refractivity contribution in [2.75, 3.05) is 53.5 Å². The maximum absolute atomic E-state index is 14.2. The average molecular weight is 954 g/mol. The number of ether oxygens (including phenoxy) is 3. The van der Waals surface area contributed by atoms with E-state index in [0.717, 1.165) is 35.6 Å². The molecule has 69 heavy (non-hydrogen) atoms. The number of aliphatic hydroxyl groups excluding tert-OH is 1. The summed E-state index contributed by atoms with van der Waals surface area (Å²) in [5.41, 5.74) is 15.8. The Bertz CT molecular complexity index is 2390. The van der Waals surface area contributed by atoms with E-state index in [1.807, 2.05) is 49.2 Å². The fourth-order valence-electron chi connectivity index (χ4n) is 8.68. The SMILES string of the molecule is COC1/C=C\C=C(/C)C(=O)NC2=CC(=O)C(NCCN3CCN(C(=O)c4ccc(CCc5c[nH]c(N=C(N)NC=O)c5C)cc4)CC3)=C(C[C@@H](C)CC(OC)C(O)[C@@H](C)/C=C(\C)C1OC(N)=O)C2=O. The number of hydrogen-bond donors (Lipinski definition) is 7. The molecular weight excluding hydrogens is 887 g/mol. The van der Waals surface area contributed by atoms with E-state index < -0.39 is 53.9 Å². The number of aryl methyl sites for hydroxylation is 2. The zero-order chi connectivity index (χ0) is 50.4. The molecule has 9 N–H and O–H groups in total. The number of nitrogens with one attached hydrogen (secondary N) is 4. The Morgan fingerprint density at radius 1 is 1.00 bits per heavy atom. The number of benzene rings is 1. The van der Waals surface area contributed by atoms with Crippen molar-refractivity contribution in [2.24, 2.45) is 28.3 Å². The Kier molecular flexibility index (Phi) is 19.4. The lowest BCUT2D eigenvalue weighted by Gasteiger charge is -2.35. The number of piperazine rings is 1. The fourth-order valence-corrected chi connectivity index (χ4v) is 8.68. The number of carbonyl (C=O) groups is 6. The summed E-state index contributed by atoms with van der Waals surface area (Å²) < 4.78 is 16.8. The number of guanidine groups is 1. The number of carbonyl (C=O) groups excluding carboxylic acids is 6. The quantitative estimate of drug-likeness (QED) is 0.0501. The first kappa shape index (κ1) is 53.3. The highest BCUT2D eigenvalue weighted by atomic mass is 16.6. The first-order valence-electron chi connectivity index (χ1n) is 23.1. The fraction of sp³-hybridized carbons (Fsp3) is 0.460. The van der Waals surface area contributed by atoms with Gasteiger partial charge < -0.3 is 51.3 Å². The van der Waals surface area contributed by atoms with Gasteiger partial charge in [-0.05, 0) is 86.8 Å². The molecule has 5 rings (SSSR count). The summed E-state index contributed by atoms with van der Waals surface area (Å²) in [6.45, 7) is 12.0. The van der Waals surface area contributed by atoms with E-state index in [4.69, 9.17) is 25.7 Å². The molecule has 2 aliphatic heterocycles. The van der Waals surface area contributed by atoms with Crippen LogP contribution < -0.4 is 27.4 Å². The van der Waals surface area contributed by atoms with Crippen LogP contribution in [0.4, 0.5) is 10.6 Å². The van der Waals surface area contributed by atoms with Gasteiger partial charge in [-0.25, -0.2) is 4.79 Å². The van der Waals surface area contributed by atoms with E-state index in [1.165, 1.54) is 20.3 Å². The molecule has 3 aliphatic rings. The van der Waals surface area contributed by atoms with Crippen molar-refractivity contribution < 1.29 is 48.1 Å². The first-order valence-corrected chi connectivity index (χ1v) is 23.1. The maximum atomic E-state index is 14.2. The largest absolute Gasteiger partial charge is 0.439 e. The van der Waals surface area contributed by atoms with Gasteiger partial charge in [0.25, 0.3) is 11.8 Å². The second-order valence-corrected chi connectivity index (χ2v) is 17.7. The van der Waals surface area contributed by atoms with Gasteiger partial charge in [0.2, 0.25) is 23.9 Å². The number of aliphatic hydroxyl groups is 1. The number of aromatic amines is 1. The molecular formula is C50H67N9O10. The van der Waals surface area contributed by atoms with Gasteiger partial charge in [0.05, 0.1) is 23.6 Å². The third kappa shape index (κ3) is 14.4. The van der Waals surface area contributed by atoms with Crippen LogP contribution in [0.25, 0.3) is 0 Å². The van der Waals surface area contributed by atoms with Crippen LogP contribution in [-0.2, 0) is 46.2 Å². The number of rotatable bonds is 13. The molecule has 2 aromatic rings. The Morgan fingerprint density at radius 2 is 1.71 bits per heavy atom. The zero-order valence-electron chi connectivity index (χ0n) is 40.5. The van der Waals surface area contributed by atoms with Crippen molar-refractivity contribution in [2.45, 2.75) is 84.7 Å². The molecule has 1 aromatic carbocycles. The number of Topliss-reactive ketones (excluding diaryl/α,β-unsaturated/α-hetero) is 1. The third-order valence-electron chi connectivity index (χ3n) is 12.7. The Labute approximate surface area is 403 Å². The molecule has 4 amide bonds. The molecule has 4 unspecified atom stereocenters. The summed E-state index contributed by atoms with van der Waals surface area (Å²) in [5, 5.41) is 19.7. The third-order valence-corrected chi connectivity index (χ3v) is 12.7. The van der Waals surface area contributed by atoms with E-state index in [0.29, 0.717) is 69.1 Å². The summed E-state index contributed by atoms with van der Waals surface area (Å²) in [5.74, 6) is -1.80. The molecule has 19 heteroatoms. The highest BCUT2D eigenvalue weighted by Crippen LogP contribution is 2.29. The van der Waals surface area contributed by atoms with Crippen molar-refractivity contribution in [1.29, 1.82) is 0 Å². The van der Waals surface area contributed by atoms with Gasteiger partial charge in [-0.1, -0.05) is 50.3 Å². The van der Waals surface area contributed by atoms with Crippen molar-refractivity contribution in [1.82, 2.24) is 30.7 Å². The van der Waals surface area contributed by atoms with Gasteiger partial charge in [-0.3, -0.25) is 34.2 Å². The summed E-state index contributed by atoms with van der Waals surface area (Å²) >= 11 is 0. The van der Waals surface area contributed by atoms with Gasteiger partial charge in [0, 0.05) is 88.4 Å². The maximum Gasteiger partial charge on any atom is 0.405 e. The van der Waals surface area contributed by atoms with Crippen LogP contribution in [0.3, 0.4) is 0 Å². The Balaban J connectivity index is 1.23. The van der Waals surface area contributed by atoms with E-state index in [2.05, 4.69) is 30.8 Å². The predicted octanol–water partition coefficient (Wildman–Crippen LogP) is 2.92. The van der Waals surface area contributed by atoms with Crippen molar-refractivity contribution in [3.05, 3.63) is 111 Å². The number of fused-ring (bicyclic) bond motifs is 2. The standard InChI is InChI=1S/C50H67N9O10/c1-29-23-37-42(53-17-18-58-19-21-59(22-20-58)48(65)35-14-11-34(12-15-35)13-16-36-27-54-46(33(36)5)57-49(51)55-28-60)39(61)26-38(44(37)63)56-47(64)30(2)9-8-10-40(67-6)45(69-50(52)66)32(4)25-31(3)43(62)41(24-29)68-7/h8-12,14-15,25-29,31,40-41,43,45,53-54,62H,13,16-24H2,1-7H3,(H2,52,66)(H,56,64)(H3,51,55,57,60)/b10-8-,30-9+,32-25+/t29-,31+,40?,41?,43?,45?/m1/s1. The van der Waals surface area contributed by atoms with Gasteiger partial charge >= 0.3 is 6.09 Å². The van der Waals surface area contributed by atoms with Crippen LogP contribution in [0, 0.1) is 18.8 Å². The molecule has 0 radical (unpaired) electrons. The molecule has 6 atom stereocenters. The summed E-state index contributed by atoms with van der Waals surface area (Å²) in [7, 11) is 2.92. The minimum atomic E-state index is -1.02. The van der Waals surface area contributed by atoms with Crippen LogP contribution in [0.1, 0.15) is 67.6 Å². The number of H-pyrrole nitrogens is 1. The molecule has 0 saturated carbocycles. The average Bonchev–Trinajstić information content (AvgIpc) is 3.67. The number of aromatic nitrogens is 1. The molecule has 372 valence electrons. The number of allylic oxidation sites excluding steroid dienone is 4. The highest BCUT2D eigenvalue weighted by Gasteiger charge is 2.34. The monoisotopic (exact) mass is 954 g/mol. The molecule has 19 nitrogen and oxygen atoms in total. The van der Waals surface area contributed by atoms with Gasteiger partial charge in [0.15, 0.2) is 6.10 Å². The predicted molar refractivity (Wildman–Crippen MR) is 260 cm³/mol. The molecule has 2 bridgehead atoms. The normalized spacial score (nSPS) is 25.7. The van der Waals surface area contributed by atoms with Crippen molar-refractivity contribution >= 4 is 47.7 Å². The van der Waals surface area contributed by atoms with E-state index in [9.17, 15) is 33.9 Å². The van der Waals surface area contributed by atoms with Crippen molar-refractivity contribution in [3.8, 4) is 0 Å². The number of primary amides is 1. The topological polar surface area (TPSA) is 273 Å². The van der Waals surface area contributed by atoms with Crippen molar-refractivity contribution in [3.63, 3.8) is 0 Å². The molecule has 0 spiro atoms. The number of aliphatic imine (C=N–C) groups is 1. The lowest BCUT2D eigenvalue weighted by molar-refractivity contribution is -0.120. The summed E-state index contributed by atoms with van der Waals surface area (Å²) in [6, 6.07) is 7.63. The summed E-state index contributed by atoms with van der Waals surface area (Å²) in [6.07, 6.45) is 7.32. The van der Waals surface area contributed by atoms with E-state index in [-0.39, 0.29) is 46.7 Å². The molecule has 1 saturated heterocycles. The lowest BCUT2D eigenvalue weighted by atomic mass is 9.85. The van der Waals surface area contributed by atoms with E-state index in [1.54, 1.807) is 39.0 Å². The Hall–Kier alpha value is -6.67. The van der Waals surface area contributed by atoms with Crippen LogP contribution in [0.15, 0.2) is 93.9 Å². The second kappa shape index (κ2) is 25.1. The van der Waals surface area contributed by atoms with Crippen LogP contribution in [0.5, 0.6) is 0 Å². The number of methoxy groups -OCH3 is 2. The minimum Gasteiger partial charge on any atom is -0.439 e. The first-order chi connectivity index (χ1) is 32.9. The Morgan fingerprint density at radius 3 is 2.36 bits per heavy atom. The highest BCUT2D eigenvalue weighted by molar-refractivity contribution is 6.23. The van der Waals surface area contributed by atoms with Gasteiger partial charge in [-0.2, -0.15) is 4.99 Å². The molecule has 1 aromatic heterocycles. The van der Waals surface area contributed by atoms with Crippen LogP contribution in [-0.4, -0.2) is 140 Å². The molecule has 1 aliphatic carbocycles. The number of nitrogens with two attached hydrogens (primary N) is 2. The lowest BCUT2D eigenvalue weighted by Crippen LogP contribution is -2.50. The number of amides is 4. The zero-order valence-corrected chi connectivity index (χ0v) is 40.5. The second-order valence-electron chi connectivity index (χ2n) is 17.7. The minimum absolute atomic E-state index is 0.00134.